The van der Waals surface area contributed by atoms with Gasteiger partial charge in [-0.05, 0) is 26.0 Å². The number of nitrogens with one attached hydrogen (secondary N) is 1. The average Bonchev–Trinajstić information content (AvgIpc) is 2.02. The predicted molar refractivity (Wildman–Crippen MR) is 48.7 cm³/mol. The van der Waals surface area contributed by atoms with E-state index in [1.807, 2.05) is 0 Å². The first-order valence-corrected chi connectivity index (χ1v) is 4.02. The first kappa shape index (κ1) is 10.3. The van der Waals surface area contributed by atoms with E-state index in [9.17, 15) is 9.59 Å². The molecule has 5 nitrogen and oxygen atoms in total. The van der Waals surface area contributed by atoms with Crippen LogP contribution in [0.1, 0.15) is 13.8 Å². The largest absolute Gasteiger partial charge is 0.479 e. The average molecular weight is 197 g/mol. The summed E-state index contributed by atoms with van der Waals surface area (Å²) in [6.07, 6.45) is 2.63. The lowest BCUT2D eigenvalue weighted by Gasteiger charge is -2.28. The number of carboxylic acid groups (broad SMARTS) is 2. The molecule has 1 rings (SSSR count). The lowest BCUT2D eigenvalue weighted by Crippen LogP contribution is -2.48. The zero-order valence-electron chi connectivity index (χ0n) is 7.87. The van der Waals surface area contributed by atoms with E-state index in [4.69, 9.17) is 10.2 Å². The van der Waals surface area contributed by atoms with E-state index in [2.05, 4.69) is 5.32 Å². The molecular formula is C9H11NO4. The van der Waals surface area contributed by atoms with Gasteiger partial charge in [-0.15, -0.1) is 0 Å². The van der Waals surface area contributed by atoms with Crippen molar-refractivity contribution in [2.45, 2.75) is 19.4 Å². The monoisotopic (exact) mass is 197 g/mol. The summed E-state index contributed by atoms with van der Waals surface area (Å²) in [5, 5.41) is 20.2. The second-order valence-electron chi connectivity index (χ2n) is 3.31. The Hall–Kier alpha value is -1.78. The molecule has 0 aromatic heterocycles. The van der Waals surface area contributed by atoms with Crippen LogP contribution in [0.4, 0.5) is 0 Å². The fraction of sp³-hybridized carbons (Fsp3) is 0.333. The van der Waals surface area contributed by atoms with Crippen LogP contribution in [0.15, 0.2) is 23.4 Å². The normalized spacial score (nSPS) is 25.9. The van der Waals surface area contributed by atoms with Crippen LogP contribution in [0.2, 0.25) is 0 Å². The number of hydrogen-bond donors (Lipinski definition) is 3. The molecule has 1 aliphatic rings. The van der Waals surface area contributed by atoms with Crippen molar-refractivity contribution >= 4 is 11.9 Å². The van der Waals surface area contributed by atoms with Crippen LogP contribution in [0.5, 0.6) is 0 Å². The summed E-state index contributed by atoms with van der Waals surface area (Å²) in [7, 11) is 0. The van der Waals surface area contributed by atoms with Crippen molar-refractivity contribution in [3.8, 4) is 0 Å². The van der Waals surface area contributed by atoms with Crippen LogP contribution in [0, 0.1) is 0 Å². The van der Waals surface area contributed by atoms with Gasteiger partial charge in [0.25, 0.3) is 0 Å². The second-order valence-corrected chi connectivity index (χ2v) is 3.31. The summed E-state index contributed by atoms with van der Waals surface area (Å²) in [6.45, 7) is 3.00. The van der Waals surface area contributed by atoms with Gasteiger partial charge in [-0.1, -0.05) is 0 Å². The second kappa shape index (κ2) is 3.17. The summed E-state index contributed by atoms with van der Waals surface area (Å²) in [4.78, 5) is 21.5. The van der Waals surface area contributed by atoms with Crippen LogP contribution in [0.3, 0.4) is 0 Å². The molecule has 0 spiro atoms. The Kier molecular flexibility index (Phi) is 2.33. The Morgan fingerprint density at radius 3 is 2.36 bits per heavy atom. The minimum atomic E-state index is -1.22. The fourth-order valence-corrected chi connectivity index (χ4v) is 1.23. The molecule has 0 radical (unpaired) electrons. The van der Waals surface area contributed by atoms with Gasteiger partial charge in [-0.2, -0.15) is 0 Å². The van der Waals surface area contributed by atoms with Crippen molar-refractivity contribution in [2.75, 3.05) is 0 Å². The maximum atomic E-state index is 10.8. The van der Waals surface area contributed by atoms with E-state index < -0.39 is 17.5 Å². The van der Waals surface area contributed by atoms with Crippen LogP contribution < -0.4 is 5.32 Å². The highest BCUT2D eigenvalue weighted by Crippen LogP contribution is 2.18. The first-order valence-electron chi connectivity index (χ1n) is 4.02. The zero-order chi connectivity index (χ0) is 10.9. The maximum absolute atomic E-state index is 10.8. The maximum Gasteiger partial charge on any atom is 0.337 e. The Balaban J connectivity index is 3.02. The number of allylic oxidation sites excluding steroid dienone is 1. The lowest BCUT2D eigenvalue weighted by molar-refractivity contribution is -0.142. The first-order chi connectivity index (χ1) is 6.37. The third-order valence-corrected chi connectivity index (χ3v) is 2.11. The van der Waals surface area contributed by atoms with Crippen LogP contribution in [0.25, 0.3) is 0 Å². The van der Waals surface area contributed by atoms with E-state index in [1.165, 1.54) is 26.0 Å². The van der Waals surface area contributed by atoms with E-state index in [0.29, 0.717) is 5.70 Å². The van der Waals surface area contributed by atoms with Gasteiger partial charge in [0, 0.05) is 5.70 Å². The summed E-state index contributed by atoms with van der Waals surface area (Å²) in [6, 6.07) is 0. The van der Waals surface area contributed by atoms with E-state index in [1.54, 1.807) is 0 Å². The van der Waals surface area contributed by atoms with Gasteiger partial charge in [-0.25, -0.2) is 9.59 Å². The molecule has 1 atom stereocenters. The van der Waals surface area contributed by atoms with E-state index in [0.717, 1.165) is 0 Å². The van der Waals surface area contributed by atoms with Crippen molar-refractivity contribution in [1.29, 1.82) is 0 Å². The predicted octanol–water partition coefficient (Wildman–Crippen LogP) is 0.348. The van der Waals surface area contributed by atoms with E-state index >= 15 is 0 Å². The summed E-state index contributed by atoms with van der Waals surface area (Å²) >= 11 is 0. The number of carbonyl (C=O) groups is 2. The highest BCUT2D eigenvalue weighted by atomic mass is 16.4. The highest BCUT2D eigenvalue weighted by molar-refractivity contribution is 5.92. The van der Waals surface area contributed by atoms with Crippen molar-refractivity contribution < 1.29 is 19.8 Å². The molecule has 0 amide bonds. The number of rotatable bonds is 2. The van der Waals surface area contributed by atoms with Crippen LogP contribution in [-0.2, 0) is 9.59 Å². The molecule has 1 unspecified atom stereocenters. The lowest BCUT2D eigenvalue weighted by atomic mass is 9.95. The standard InChI is InChI=1S/C9H11NO4/c1-5-6(7(11)12)3-4-9(2,10-5)8(13)14/h3-4,10H,1-2H3,(H,11,12)(H,13,14). The Bertz CT molecular complexity index is 356. The molecule has 76 valence electrons. The van der Waals surface area contributed by atoms with Gasteiger partial charge < -0.3 is 15.5 Å². The molecule has 0 saturated heterocycles. The quantitative estimate of drug-likeness (QED) is 0.594. The molecule has 0 bridgehead atoms. The number of carboxylic acids is 2. The SMILES string of the molecule is CC1=C(C(=O)O)C=CC(C)(C(=O)O)N1. The third-order valence-electron chi connectivity index (χ3n) is 2.11. The smallest absolute Gasteiger partial charge is 0.337 e. The molecule has 0 aromatic rings. The fourth-order valence-electron chi connectivity index (χ4n) is 1.23. The molecule has 0 saturated carbocycles. The molecule has 0 aromatic carbocycles. The number of aliphatic carboxylic acids is 2. The minimum absolute atomic E-state index is 0.0868. The summed E-state index contributed by atoms with van der Waals surface area (Å²) in [5.41, 5.74) is -0.781. The number of hydrogen-bond acceptors (Lipinski definition) is 3. The minimum Gasteiger partial charge on any atom is -0.479 e. The molecule has 14 heavy (non-hydrogen) atoms. The van der Waals surface area contributed by atoms with Gasteiger partial charge in [-0.3, -0.25) is 0 Å². The molecule has 5 heteroatoms. The highest BCUT2D eigenvalue weighted by Gasteiger charge is 2.33. The Morgan fingerprint density at radius 1 is 1.43 bits per heavy atom. The summed E-state index contributed by atoms with van der Waals surface area (Å²) < 4.78 is 0. The molecule has 1 heterocycles. The third kappa shape index (κ3) is 1.61. The van der Waals surface area contributed by atoms with E-state index in [-0.39, 0.29) is 5.57 Å². The van der Waals surface area contributed by atoms with Gasteiger partial charge in [0.1, 0.15) is 0 Å². The van der Waals surface area contributed by atoms with Crippen LogP contribution >= 0.6 is 0 Å². The van der Waals surface area contributed by atoms with Crippen molar-refractivity contribution in [2.24, 2.45) is 0 Å². The van der Waals surface area contributed by atoms with Gasteiger partial charge in [0.2, 0.25) is 0 Å². The van der Waals surface area contributed by atoms with Crippen molar-refractivity contribution in [1.82, 2.24) is 5.32 Å². The molecule has 0 fully saturated rings. The molecule has 3 N–H and O–H groups in total. The van der Waals surface area contributed by atoms with Crippen molar-refractivity contribution in [3.63, 3.8) is 0 Å². The number of dihydropyridines is 1. The van der Waals surface area contributed by atoms with Gasteiger partial charge in [0.05, 0.1) is 5.57 Å². The topological polar surface area (TPSA) is 86.6 Å². The van der Waals surface area contributed by atoms with Gasteiger partial charge in [0.15, 0.2) is 5.54 Å². The zero-order valence-corrected chi connectivity index (χ0v) is 7.87. The van der Waals surface area contributed by atoms with Crippen LogP contribution in [-0.4, -0.2) is 27.7 Å². The summed E-state index contributed by atoms with van der Waals surface area (Å²) in [5.74, 6) is -2.11. The molecular weight excluding hydrogens is 186 g/mol. The molecule has 0 aliphatic carbocycles. The Morgan fingerprint density at radius 2 is 2.00 bits per heavy atom. The molecule has 1 aliphatic heterocycles. The van der Waals surface area contributed by atoms with Gasteiger partial charge >= 0.3 is 11.9 Å². The Labute approximate surface area is 80.7 Å². The van der Waals surface area contributed by atoms with Crippen molar-refractivity contribution in [3.05, 3.63) is 23.4 Å².